The molecule has 0 radical (unpaired) electrons. The first-order chi connectivity index (χ1) is 14.2. The van der Waals surface area contributed by atoms with Gasteiger partial charge in [-0.2, -0.15) is 4.98 Å². The summed E-state index contributed by atoms with van der Waals surface area (Å²) in [5.74, 6) is 2.66. The van der Waals surface area contributed by atoms with E-state index >= 15 is 0 Å². The molecular formula is C22H23N5O2. The van der Waals surface area contributed by atoms with Gasteiger partial charge in [0.15, 0.2) is 0 Å². The molecule has 7 heteroatoms. The lowest BCUT2D eigenvalue weighted by atomic mass is 9.82. The Morgan fingerprint density at radius 2 is 2.00 bits per heavy atom. The Morgan fingerprint density at radius 1 is 1.07 bits per heavy atom. The van der Waals surface area contributed by atoms with E-state index in [1.54, 1.807) is 12.3 Å². The van der Waals surface area contributed by atoms with E-state index in [0.29, 0.717) is 17.8 Å². The van der Waals surface area contributed by atoms with Crippen LogP contribution >= 0.6 is 0 Å². The van der Waals surface area contributed by atoms with Crippen LogP contribution in [0, 0.1) is 5.92 Å². The van der Waals surface area contributed by atoms with E-state index in [9.17, 15) is 4.79 Å². The van der Waals surface area contributed by atoms with Crippen molar-refractivity contribution in [3.05, 3.63) is 58.6 Å². The molecule has 29 heavy (non-hydrogen) atoms. The van der Waals surface area contributed by atoms with E-state index in [4.69, 9.17) is 9.51 Å². The molecule has 2 fully saturated rings. The monoisotopic (exact) mass is 389 g/mol. The second-order valence-electron chi connectivity index (χ2n) is 8.62. The zero-order valence-corrected chi connectivity index (χ0v) is 16.2. The summed E-state index contributed by atoms with van der Waals surface area (Å²) in [6.07, 6.45) is 8.22. The van der Waals surface area contributed by atoms with Crippen LogP contribution in [-0.4, -0.2) is 32.8 Å². The number of nitrogens with zero attached hydrogens (tertiary/aromatic N) is 5. The van der Waals surface area contributed by atoms with Gasteiger partial charge in [-0.15, -0.1) is 0 Å². The van der Waals surface area contributed by atoms with Gasteiger partial charge in [-0.3, -0.25) is 9.78 Å². The zero-order valence-electron chi connectivity index (χ0n) is 16.2. The van der Waals surface area contributed by atoms with E-state index in [-0.39, 0.29) is 11.5 Å². The van der Waals surface area contributed by atoms with Crippen LogP contribution in [0.4, 0.5) is 5.95 Å². The van der Waals surface area contributed by atoms with Crippen LogP contribution in [0.25, 0.3) is 11.1 Å². The summed E-state index contributed by atoms with van der Waals surface area (Å²) in [4.78, 5) is 24.0. The molecule has 2 atom stereocenters. The van der Waals surface area contributed by atoms with Gasteiger partial charge in [0.25, 0.3) is 11.5 Å². The third kappa shape index (κ3) is 2.87. The lowest BCUT2D eigenvalue weighted by molar-refractivity contribution is 0.275. The summed E-state index contributed by atoms with van der Waals surface area (Å²) >= 11 is 0. The first-order valence-electron chi connectivity index (χ1n) is 10.5. The van der Waals surface area contributed by atoms with Gasteiger partial charge in [-0.25, -0.2) is 0 Å². The number of piperidine rings is 1. The van der Waals surface area contributed by atoms with Crippen LogP contribution in [-0.2, 0) is 6.54 Å². The van der Waals surface area contributed by atoms with Crippen molar-refractivity contribution in [2.45, 2.75) is 44.1 Å². The SMILES string of the molecule is O=c1cc(-c2cccnc2)cc2n1C[C@H]1C[C@@H]2CN(c2noc(C3CCC3)n2)C1. The maximum absolute atomic E-state index is 12.8. The number of anilines is 1. The van der Waals surface area contributed by atoms with Crippen molar-refractivity contribution in [3.8, 4) is 11.1 Å². The highest BCUT2D eigenvalue weighted by Crippen LogP contribution is 2.39. The van der Waals surface area contributed by atoms with Crippen LogP contribution in [0.2, 0.25) is 0 Å². The molecule has 1 saturated carbocycles. The average Bonchev–Trinajstić information content (AvgIpc) is 3.17. The number of pyridine rings is 2. The molecule has 5 heterocycles. The summed E-state index contributed by atoms with van der Waals surface area (Å²) < 4.78 is 7.51. The summed E-state index contributed by atoms with van der Waals surface area (Å²) in [6, 6.07) is 7.81. The summed E-state index contributed by atoms with van der Waals surface area (Å²) in [5, 5.41) is 4.27. The van der Waals surface area contributed by atoms with Gasteiger partial charge in [0, 0.05) is 61.2 Å². The van der Waals surface area contributed by atoms with Crippen molar-refractivity contribution in [1.82, 2.24) is 19.7 Å². The van der Waals surface area contributed by atoms with Crippen LogP contribution < -0.4 is 10.5 Å². The van der Waals surface area contributed by atoms with Crippen LogP contribution in [0.1, 0.15) is 49.1 Å². The van der Waals surface area contributed by atoms with E-state index in [1.165, 1.54) is 6.42 Å². The van der Waals surface area contributed by atoms with Gasteiger partial charge < -0.3 is 14.0 Å². The Morgan fingerprint density at radius 3 is 2.79 bits per heavy atom. The fraction of sp³-hybridized carbons (Fsp3) is 0.455. The molecule has 3 aromatic rings. The van der Waals surface area contributed by atoms with Gasteiger partial charge in [-0.05, 0) is 48.0 Å². The topological polar surface area (TPSA) is 77.0 Å². The predicted molar refractivity (Wildman–Crippen MR) is 108 cm³/mol. The molecular weight excluding hydrogens is 366 g/mol. The molecule has 1 saturated heterocycles. The number of rotatable bonds is 3. The van der Waals surface area contributed by atoms with Crippen LogP contribution in [0.5, 0.6) is 0 Å². The molecule has 1 aliphatic carbocycles. The normalized spacial score (nSPS) is 23.5. The highest BCUT2D eigenvalue weighted by atomic mass is 16.5. The molecule has 2 bridgehead atoms. The zero-order chi connectivity index (χ0) is 19.4. The summed E-state index contributed by atoms with van der Waals surface area (Å²) in [5.41, 5.74) is 3.11. The fourth-order valence-electron chi connectivity index (χ4n) is 5.00. The van der Waals surface area contributed by atoms with E-state index in [0.717, 1.165) is 61.6 Å². The molecule has 0 N–H and O–H groups in total. The van der Waals surface area contributed by atoms with Gasteiger partial charge in [0.1, 0.15) is 0 Å². The summed E-state index contributed by atoms with van der Waals surface area (Å²) in [7, 11) is 0. The van der Waals surface area contributed by atoms with E-state index in [2.05, 4.69) is 21.1 Å². The van der Waals surface area contributed by atoms with Gasteiger partial charge >= 0.3 is 0 Å². The van der Waals surface area contributed by atoms with Crippen molar-refractivity contribution in [2.75, 3.05) is 18.0 Å². The minimum absolute atomic E-state index is 0.0799. The Balaban J connectivity index is 1.32. The summed E-state index contributed by atoms with van der Waals surface area (Å²) in [6.45, 7) is 2.44. The number of fused-ring (bicyclic) bond motifs is 4. The first kappa shape index (κ1) is 16.9. The number of aromatic nitrogens is 4. The molecule has 7 nitrogen and oxygen atoms in total. The van der Waals surface area contributed by atoms with Crippen molar-refractivity contribution in [3.63, 3.8) is 0 Å². The maximum atomic E-state index is 12.8. The van der Waals surface area contributed by atoms with Gasteiger partial charge in [-0.1, -0.05) is 12.5 Å². The Kier molecular flexibility index (Phi) is 3.82. The molecule has 3 aromatic heterocycles. The van der Waals surface area contributed by atoms with Crippen LogP contribution in [0.15, 0.2) is 46.0 Å². The molecule has 0 amide bonds. The van der Waals surface area contributed by atoms with Crippen molar-refractivity contribution in [2.24, 2.45) is 5.92 Å². The second kappa shape index (κ2) is 6.54. The predicted octanol–water partition coefficient (Wildman–Crippen LogP) is 3.18. The Bertz CT molecular complexity index is 1100. The Labute approximate surface area is 168 Å². The lowest BCUT2D eigenvalue weighted by Gasteiger charge is -2.42. The molecule has 6 rings (SSSR count). The highest BCUT2D eigenvalue weighted by molar-refractivity contribution is 5.62. The second-order valence-corrected chi connectivity index (χ2v) is 8.62. The third-order valence-corrected chi connectivity index (χ3v) is 6.72. The lowest BCUT2D eigenvalue weighted by Crippen LogP contribution is -2.47. The smallest absolute Gasteiger partial charge is 0.266 e. The molecule has 3 aliphatic rings. The highest BCUT2D eigenvalue weighted by Gasteiger charge is 2.37. The molecule has 0 unspecified atom stereocenters. The Hall–Kier alpha value is -2.96. The fourth-order valence-corrected chi connectivity index (χ4v) is 5.00. The minimum Gasteiger partial charge on any atom is -0.337 e. The minimum atomic E-state index is 0.0799. The van der Waals surface area contributed by atoms with Crippen molar-refractivity contribution >= 4 is 5.95 Å². The van der Waals surface area contributed by atoms with Gasteiger partial charge in [0.05, 0.1) is 0 Å². The van der Waals surface area contributed by atoms with Crippen LogP contribution in [0.3, 0.4) is 0 Å². The standard InChI is InChI=1S/C22H23N5O2/c28-20-9-17(16-5-2-6-23-10-16)8-19-18-7-14(12-27(19)20)11-26(13-18)22-24-21(29-25-22)15-3-1-4-15/h2,5-6,8-10,14-15,18H,1,3-4,7,11-13H2/t14-,18+/m0/s1. The van der Waals surface area contributed by atoms with Crippen molar-refractivity contribution in [1.29, 1.82) is 0 Å². The molecule has 0 aromatic carbocycles. The number of hydrogen-bond donors (Lipinski definition) is 0. The molecule has 2 aliphatic heterocycles. The van der Waals surface area contributed by atoms with Gasteiger partial charge in [0.2, 0.25) is 5.89 Å². The average molecular weight is 389 g/mol. The largest absolute Gasteiger partial charge is 0.337 e. The first-order valence-corrected chi connectivity index (χ1v) is 10.5. The third-order valence-electron chi connectivity index (χ3n) is 6.72. The van der Waals surface area contributed by atoms with Crippen molar-refractivity contribution < 1.29 is 4.52 Å². The van der Waals surface area contributed by atoms with E-state index < -0.39 is 0 Å². The van der Waals surface area contributed by atoms with E-state index in [1.807, 2.05) is 22.9 Å². The molecule has 0 spiro atoms. The molecule has 148 valence electrons. The maximum Gasteiger partial charge on any atom is 0.266 e. The number of hydrogen-bond acceptors (Lipinski definition) is 6. The quantitative estimate of drug-likeness (QED) is 0.685.